The van der Waals surface area contributed by atoms with Gasteiger partial charge in [-0.1, -0.05) is 218 Å². The summed E-state index contributed by atoms with van der Waals surface area (Å²) in [4.78, 5) is 38.0. The summed E-state index contributed by atoms with van der Waals surface area (Å²) in [7, 11) is 0. The van der Waals surface area contributed by atoms with Crippen molar-refractivity contribution < 1.29 is 28.6 Å². The lowest BCUT2D eigenvalue weighted by Gasteiger charge is -2.18. The van der Waals surface area contributed by atoms with Crippen LogP contribution in [0, 0.1) is 0 Å². The van der Waals surface area contributed by atoms with Gasteiger partial charge in [-0.3, -0.25) is 14.4 Å². The van der Waals surface area contributed by atoms with Crippen LogP contribution in [0.4, 0.5) is 0 Å². The summed E-state index contributed by atoms with van der Waals surface area (Å²) in [5.41, 5.74) is 0. The highest BCUT2D eigenvalue weighted by Gasteiger charge is 2.19. The van der Waals surface area contributed by atoms with Gasteiger partial charge in [0.15, 0.2) is 6.10 Å². The number of carbonyl (C=O) groups is 3. The average Bonchev–Trinajstić information content (AvgIpc) is 3.35. The first kappa shape index (κ1) is 64.3. The zero-order valence-electron chi connectivity index (χ0n) is 44.0. The molecule has 0 aromatic rings. The van der Waals surface area contributed by atoms with Gasteiger partial charge in [-0.25, -0.2) is 0 Å². The molecule has 0 bridgehead atoms. The largest absolute Gasteiger partial charge is 0.462 e. The fourth-order valence-corrected chi connectivity index (χ4v) is 6.79. The topological polar surface area (TPSA) is 78.9 Å². The summed E-state index contributed by atoms with van der Waals surface area (Å²) in [5.74, 6) is -1.10. The monoisotopic (exact) mass is 951 g/mol. The molecule has 0 radical (unpaired) electrons. The van der Waals surface area contributed by atoms with Crippen LogP contribution in [-0.2, 0) is 28.6 Å². The molecule has 0 aromatic heterocycles. The highest BCUT2D eigenvalue weighted by atomic mass is 16.6. The predicted octanol–water partition coefficient (Wildman–Crippen LogP) is 18.4. The number of hydrogen-bond acceptors (Lipinski definition) is 6. The molecule has 0 heterocycles. The Morgan fingerprint density at radius 1 is 0.304 bits per heavy atom. The third kappa shape index (κ3) is 54.1. The molecule has 0 unspecified atom stereocenters. The summed E-state index contributed by atoms with van der Waals surface area (Å²) < 4.78 is 16.7. The maximum Gasteiger partial charge on any atom is 0.306 e. The number of ether oxygens (including phenoxy) is 3. The minimum atomic E-state index is -0.848. The molecule has 0 N–H and O–H groups in total. The molecule has 6 nitrogen and oxygen atoms in total. The maximum atomic E-state index is 12.8. The van der Waals surface area contributed by atoms with E-state index in [1.807, 2.05) is 12.2 Å². The van der Waals surface area contributed by atoms with Crippen LogP contribution in [0.1, 0.15) is 213 Å². The quantitative estimate of drug-likeness (QED) is 0.0262. The molecular weight excluding hydrogens is 853 g/mol. The van der Waals surface area contributed by atoms with Crippen molar-refractivity contribution in [2.75, 3.05) is 13.2 Å². The average molecular weight is 951 g/mol. The van der Waals surface area contributed by atoms with Gasteiger partial charge in [0.2, 0.25) is 0 Å². The Morgan fingerprint density at radius 2 is 0.609 bits per heavy atom. The van der Waals surface area contributed by atoms with E-state index in [-0.39, 0.29) is 38.0 Å². The van der Waals surface area contributed by atoms with Crippen LogP contribution >= 0.6 is 0 Å². The molecule has 0 spiro atoms. The summed E-state index contributed by atoms with van der Waals surface area (Å²) in [6.07, 6.45) is 79.9. The molecule has 69 heavy (non-hydrogen) atoms. The molecule has 6 heteroatoms. The third-order valence-corrected chi connectivity index (χ3v) is 10.8. The van der Waals surface area contributed by atoms with Gasteiger partial charge in [0.05, 0.1) is 0 Å². The number of rotatable bonds is 47. The van der Waals surface area contributed by atoms with Crippen LogP contribution in [-0.4, -0.2) is 37.2 Å². The van der Waals surface area contributed by atoms with Gasteiger partial charge in [-0.15, -0.1) is 0 Å². The lowest BCUT2D eigenvalue weighted by molar-refractivity contribution is -0.166. The lowest BCUT2D eigenvalue weighted by Crippen LogP contribution is -2.30. The normalized spacial score (nSPS) is 13.3. The van der Waals surface area contributed by atoms with Gasteiger partial charge in [-0.05, 0) is 122 Å². The lowest BCUT2D eigenvalue weighted by atomic mass is 10.1. The first-order valence-electron chi connectivity index (χ1n) is 27.3. The molecule has 0 aliphatic rings. The number of hydrogen-bond donors (Lipinski definition) is 0. The van der Waals surface area contributed by atoms with Crippen molar-refractivity contribution in [1.82, 2.24) is 0 Å². The Morgan fingerprint density at radius 3 is 1.03 bits per heavy atom. The van der Waals surface area contributed by atoms with Gasteiger partial charge in [-0.2, -0.15) is 0 Å². The van der Waals surface area contributed by atoms with Crippen molar-refractivity contribution in [3.63, 3.8) is 0 Å². The summed E-state index contributed by atoms with van der Waals surface area (Å²) in [6.45, 7) is 6.27. The minimum Gasteiger partial charge on any atom is -0.462 e. The second kappa shape index (κ2) is 55.9. The van der Waals surface area contributed by atoms with Crippen LogP contribution in [0.2, 0.25) is 0 Å². The molecule has 0 aromatic carbocycles. The van der Waals surface area contributed by atoms with Crippen molar-refractivity contribution in [1.29, 1.82) is 0 Å². The summed E-state index contributed by atoms with van der Waals surface area (Å²) in [5, 5.41) is 0. The van der Waals surface area contributed by atoms with E-state index in [4.69, 9.17) is 14.2 Å². The number of allylic oxidation sites excluding steroid dienone is 24. The Balaban J connectivity index is 4.63. The fraction of sp³-hybridized carbons (Fsp3) is 0.571. The maximum absolute atomic E-state index is 12.8. The van der Waals surface area contributed by atoms with Crippen molar-refractivity contribution in [3.8, 4) is 0 Å². The van der Waals surface area contributed by atoms with E-state index >= 15 is 0 Å². The van der Waals surface area contributed by atoms with E-state index in [0.29, 0.717) is 19.3 Å². The summed E-state index contributed by atoms with van der Waals surface area (Å²) >= 11 is 0. The minimum absolute atomic E-state index is 0.134. The molecule has 0 aliphatic heterocycles. The zero-order valence-corrected chi connectivity index (χ0v) is 44.0. The van der Waals surface area contributed by atoms with Gasteiger partial charge in [0.25, 0.3) is 0 Å². The van der Waals surface area contributed by atoms with Crippen LogP contribution < -0.4 is 0 Å². The van der Waals surface area contributed by atoms with Gasteiger partial charge >= 0.3 is 17.9 Å². The van der Waals surface area contributed by atoms with Gasteiger partial charge in [0.1, 0.15) is 13.2 Å². The van der Waals surface area contributed by atoms with Crippen molar-refractivity contribution in [3.05, 3.63) is 146 Å². The van der Waals surface area contributed by atoms with Crippen LogP contribution in [0.3, 0.4) is 0 Å². The van der Waals surface area contributed by atoms with Crippen molar-refractivity contribution >= 4 is 17.9 Å². The third-order valence-electron chi connectivity index (χ3n) is 10.8. The molecular formula is C63H98O6. The molecule has 0 fully saturated rings. The zero-order chi connectivity index (χ0) is 50.0. The Hall–Kier alpha value is -4.71. The second-order valence-corrected chi connectivity index (χ2v) is 17.4. The highest BCUT2D eigenvalue weighted by molar-refractivity contribution is 5.71. The van der Waals surface area contributed by atoms with Crippen LogP contribution in [0.5, 0.6) is 0 Å². The fourth-order valence-electron chi connectivity index (χ4n) is 6.79. The summed E-state index contributed by atoms with van der Waals surface area (Å²) in [6, 6.07) is 0. The Labute approximate surface area is 423 Å². The first-order valence-corrected chi connectivity index (χ1v) is 27.3. The van der Waals surface area contributed by atoms with E-state index in [1.165, 1.54) is 51.4 Å². The van der Waals surface area contributed by atoms with E-state index in [9.17, 15) is 14.4 Å². The number of esters is 3. The van der Waals surface area contributed by atoms with Gasteiger partial charge in [0, 0.05) is 19.3 Å². The second-order valence-electron chi connectivity index (χ2n) is 17.4. The van der Waals surface area contributed by atoms with Crippen molar-refractivity contribution in [2.24, 2.45) is 0 Å². The molecule has 0 amide bonds. The molecule has 0 saturated heterocycles. The molecule has 386 valence electrons. The SMILES string of the molecule is CC/C=C\C/C=C\C/C=C\C/C=C\C/C=C\C/C=C\CCC(=O)OC[C@H](COC(=O)CCCCCCC/C=C\CCCCCCCC)OC(=O)CCC/C=C\C/C=C\C/C=C\C/C=C\C/C=C\CC. The highest BCUT2D eigenvalue weighted by Crippen LogP contribution is 2.12. The van der Waals surface area contributed by atoms with E-state index in [1.54, 1.807) is 0 Å². The molecule has 1 atom stereocenters. The van der Waals surface area contributed by atoms with Crippen LogP contribution in [0.15, 0.2) is 146 Å². The van der Waals surface area contributed by atoms with Crippen LogP contribution in [0.25, 0.3) is 0 Å². The van der Waals surface area contributed by atoms with E-state index in [0.717, 1.165) is 109 Å². The first-order chi connectivity index (χ1) is 34.0. The van der Waals surface area contributed by atoms with Crippen molar-refractivity contribution in [2.45, 2.75) is 219 Å². The Bertz CT molecular complexity index is 1560. The van der Waals surface area contributed by atoms with E-state index in [2.05, 4.69) is 154 Å². The molecule has 0 saturated carbocycles. The van der Waals surface area contributed by atoms with E-state index < -0.39 is 12.1 Å². The molecule has 0 rings (SSSR count). The number of unbranched alkanes of at least 4 members (excludes halogenated alkanes) is 12. The predicted molar refractivity (Wildman–Crippen MR) is 297 cm³/mol. The Kier molecular flexibility index (Phi) is 52.1. The molecule has 0 aliphatic carbocycles. The standard InChI is InChI=1S/C63H98O6/c1-4-7-10-13-16-19-22-25-28-30-31-33-35-38-41-44-47-50-53-56-62(65)68-59-60(58-67-61(64)55-52-49-46-43-40-37-34-27-24-21-18-15-12-9-6-3)69-63(66)57-54-51-48-45-42-39-36-32-29-26-23-20-17-14-11-8-5-2/h7-8,10-11,16-17,19-20,25-29,31,33-34,36,38-39,41,45,47-48,50,60H,4-6,9,12-15,18,21-24,30,32,35,37,40,42-44,46,49,51-59H2,1-3H3/b10-7-,11-8-,19-16-,20-17-,28-25-,29-26-,33-31-,34-27-,39-36-,41-38-,48-45-,50-47-/t60-/m0/s1. The van der Waals surface area contributed by atoms with Gasteiger partial charge < -0.3 is 14.2 Å². The smallest absolute Gasteiger partial charge is 0.306 e. The number of carbonyl (C=O) groups excluding carboxylic acids is 3.